The molecule has 0 bridgehead atoms. The van der Waals surface area contributed by atoms with Crippen molar-refractivity contribution in [3.05, 3.63) is 41.5 Å². The quantitative estimate of drug-likeness (QED) is 0.729. The van der Waals surface area contributed by atoms with Gasteiger partial charge in [-0.2, -0.15) is 4.98 Å². The maximum Gasteiger partial charge on any atom is 0.228 e. The fourth-order valence-electron chi connectivity index (χ4n) is 3.47. The van der Waals surface area contributed by atoms with Crippen molar-refractivity contribution in [3.8, 4) is 5.75 Å². The monoisotopic (exact) mass is 400 g/mol. The number of aromatic nitrogens is 2. The van der Waals surface area contributed by atoms with Gasteiger partial charge in [-0.15, -0.1) is 0 Å². The van der Waals surface area contributed by atoms with Crippen LogP contribution in [-0.4, -0.2) is 53.6 Å². The lowest BCUT2D eigenvalue weighted by Crippen LogP contribution is -2.36. The van der Waals surface area contributed by atoms with E-state index in [4.69, 9.17) is 9.26 Å². The molecule has 1 saturated heterocycles. The van der Waals surface area contributed by atoms with Gasteiger partial charge in [0, 0.05) is 45.3 Å². The summed E-state index contributed by atoms with van der Waals surface area (Å²) >= 11 is 0. The summed E-state index contributed by atoms with van der Waals surface area (Å²) < 4.78 is 10.5. The highest BCUT2D eigenvalue weighted by Gasteiger charge is 2.25. The zero-order valence-electron chi connectivity index (χ0n) is 17.0. The number of carbonyl (C=O) groups is 2. The molecule has 0 atom stereocenters. The van der Waals surface area contributed by atoms with E-state index < -0.39 is 0 Å². The number of aryl methyl sites for hydroxylation is 1. The molecule has 1 fully saturated rings. The molecule has 1 aromatic carbocycles. The molecule has 1 aliphatic heterocycles. The normalized spacial score (nSPS) is 14.6. The fourth-order valence-corrected chi connectivity index (χ4v) is 3.47. The second-order valence-electron chi connectivity index (χ2n) is 7.28. The van der Waals surface area contributed by atoms with Crippen LogP contribution in [0.4, 0.5) is 0 Å². The van der Waals surface area contributed by atoms with Gasteiger partial charge in [-0.3, -0.25) is 9.59 Å². The van der Waals surface area contributed by atoms with Gasteiger partial charge in [0.1, 0.15) is 5.75 Å². The van der Waals surface area contributed by atoms with Crippen LogP contribution >= 0.6 is 0 Å². The third kappa shape index (κ3) is 6.04. The molecule has 1 aromatic heterocycles. The Bertz CT molecular complexity index is 828. The lowest BCUT2D eigenvalue weighted by molar-refractivity contribution is -0.129. The van der Waals surface area contributed by atoms with Crippen molar-refractivity contribution in [2.75, 3.05) is 26.7 Å². The minimum Gasteiger partial charge on any atom is -0.497 e. The van der Waals surface area contributed by atoms with Crippen LogP contribution in [0.2, 0.25) is 0 Å². The molecule has 8 nitrogen and oxygen atoms in total. The Hall–Kier alpha value is -2.90. The number of amides is 2. The Labute approximate surface area is 170 Å². The highest BCUT2D eigenvalue weighted by molar-refractivity contribution is 5.76. The molecule has 2 amide bonds. The first-order valence-corrected chi connectivity index (χ1v) is 10.0. The molecule has 0 aliphatic carbocycles. The van der Waals surface area contributed by atoms with Crippen molar-refractivity contribution < 1.29 is 18.8 Å². The summed E-state index contributed by atoms with van der Waals surface area (Å²) in [6.07, 6.45) is 3.27. The summed E-state index contributed by atoms with van der Waals surface area (Å²) in [5.74, 6) is 2.35. The number of methoxy groups -OCH3 is 1. The summed E-state index contributed by atoms with van der Waals surface area (Å²) in [6.45, 7) is 3.51. The predicted octanol–water partition coefficient (Wildman–Crippen LogP) is 2.10. The van der Waals surface area contributed by atoms with Gasteiger partial charge >= 0.3 is 0 Å². The van der Waals surface area contributed by atoms with Crippen LogP contribution in [0.3, 0.4) is 0 Å². The van der Waals surface area contributed by atoms with E-state index in [2.05, 4.69) is 15.5 Å². The molecule has 2 aromatic rings. The van der Waals surface area contributed by atoms with E-state index in [0.717, 1.165) is 37.2 Å². The van der Waals surface area contributed by atoms with Crippen LogP contribution in [-0.2, 0) is 22.4 Å². The van der Waals surface area contributed by atoms with Crippen molar-refractivity contribution in [2.24, 2.45) is 0 Å². The fraction of sp³-hybridized carbons (Fsp3) is 0.524. The first-order chi connectivity index (χ1) is 14.0. The first kappa shape index (κ1) is 20.8. The van der Waals surface area contributed by atoms with Crippen molar-refractivity contribution in [2.45, 2.75) is 44.9 Å². The average molecular weight is 400 g/mol. The second-order valence-corrected chi connectivity index (χ2v) is 7.28. The molecule has 0 unspecified atom stereocenters. The number of hydrogen-bond acceptors (Lipinski definition) is 6. The number of hydrogen-bond donors (Lipinski definition) is 1. The summed E-state index contributed by atoms with van der Waals surface area (Å²) in [5, 5.41) is 6.98. The minimum atomic E-state index is -0.0100. The maximum atomic E-state index is 12.1. The molecule has 0 radical (unpaired) electrons. The third-order valence-corrected chi connectivity index (χ3v) is 5.23. The zero-order chi connectivity index (χ0) is 20.6. The van der Waals surface area contributed by atoms with Crippen LogP contribution in [0, 0.1) is 0 Å². The van der Waals surface area contributed by atoms with Gasteiger partial charge in [0.15, 0.2) is 5.82 Å². The maximum absolute atomic E-state index is 12.1. The van der Waals surface area contributed by atoms with E-state index in [-0.39, 0.29) is 17.7 Å². The van der Waals surface area contributed by atoms with Crippen molar-refractivity contribution in [3.63, 3.8) is 0 Å². The van der Waals surface area contributed by atoms with Gasteiger partial charge in [0.2, 0.25) is 17.7 Å². The van der Waals surface area contributed by atoms with E-state index >= 15 is 0 Å². The first-order valence-electron chi connectivity index (χ1n) is 10.0. The van der Waals surface area contributed by atoms with Crippen LogP contribution in [0.15, 0.2) is 28.8 Å². The largest absolute Gasteiger partial charge is 0.497 e. The van der Waals surface area contributed by atoms with Gasteiger partial charge in [-0.1, -0.05) is 17.3 Å². The number of nitrogens with one attached hydrogen (secondary N) is 1. The Balaban J connectivity index is 1.37. The molecule has 2 heterocycles. The molecule has 156 valence electrons. The molecule has 0 saturated carbocycles. The Morgan fingerprint density at radius 1 is 1.28 bits per heavy atom. The number of carbonyl (C=O) groups excluding carboxylic acids is 2. The molecule has 1 N–H and O–H groups in total. The van der Waals surface area contributed by atoms with Crippen LogP contribution < -0.4 is 10.1 Å². The average Bonchev–Trinajstić information content (AvgIpc) is 3.21. The second kappa shape index (κ2) is 10.0. The lowest BCUT2D eigenvalue weighted by atomic mass is 9.96. The molecule has 3 rings (SSSR count). The summed E-state index contributed by atoms with van der Waals surface area (Å²) in [5.41, 5.74) is 1.07. The number of ether oxygens (including phenoxy) is 1. The number of rotatable bonds is 8. The summed E-state index contributed by atoms with van der Waals surface area (Å²) in [7, 11) is 1.63. The van der Waals surface area contributed by atoms with E-state index in [9.17, 15) is 9.59 Å². The molecule has 1 aliphatic rings. The SMILES string of the molecule is COc1cccc(CCC(=O)NCCc2nc(C3CCN(C(C)=O)CC3)no2)c1. The standard InChI is InChI=1S/C21H28N4O4/c1-15(26)25-12-9-17(10-13-25)21-23-20(29-24-21)8-11-22-19(27)7-6-16-4-3-5-18(14-16)28-2/h3-5,14,17H,6-13H2,1-2H3,(H,22,27). The Kier molecular flexibility index (Phi) is 7.21. The highest BCUT2D eigenvalue weighted by Crippen LogP contribution is 2.25. The molecule has 8 heteroatoms. The van der Waals surface area contributed by atoms with Crippen LogP contribution in [0.1, 0.15) is 49.4 Å². The van der Waals surface area contributed by atoms with Gasteiger partial charge in [-0.25, -0.2) is 0 Å². The number of piperidine rings is 1. The number of nitrogens with zero attached hydrogens (tertiary/aromatic N) is 3. The van der Waals surface area contributed by atoms with Crippen molar-refractivity contribution in [1.82, 2.24) is 20.4 Å². The van der Waals surface area contributed by atoms with Gasteiger partial charge in [-0.05, 0) is 37.0 Å². The summed E-state index contributed by atoms with van der Waals surface area (Å²) in [4.78, 5) is 29.8. The third-order valence-electron chi connectivity index (χ3n) is 5.23. The molecule has 0 spiro atoms. The van der Waals surface area contributed by atoms with Gasteiger partial charge in [0.05, 0.1) is 7.11 Å². The summed E-state index contributed by atoms with van der Waals surface area (Å²) in [6, 6.07) is 7.73. The molecular weight excluding hydrogens is 372 g/mol. The molecule has 29 heavy (non-hydrogen) atoms. The van der Waals surface area contributed by atoms with E-state index in [1.54, 1.807) is 14.0 Å². The van der Waals surface area contributed by atoms with Crippen LogP contribution in [0.5, 0.6) is 5.75 Å². The zero-order valence-corrected chi connectivity index (χ0v) is 17.0. The van der Waals surface area contributed by atoms with Gasteiger partial charge < -0.3 is 19.5 Å². The number of likely N-dealkylation sites (tertiary alicyclic amines) is 1. The van der Waals surface area contributed by atoms with Crippen LogP contribution in [0.25, 0.3) is 0 Å². The smallest absolute Gasteiger partial charge is 0.228 e. The Morgan fingerprint density at radius 3 is 2.79 bits per heavy atom. The van der Waals surface area contributed by atoms with Crippen molar-refractivity contribution in [1.29, 1.82) is 0 Å². The van der Waals surface area contributed by atoms with E-state index in [1.807, 2.05) is 29.2 Å². The highest BCUT2D eigenvalue weighted by atomic mass is 16.5. The van der Waals surface area contributed by atoms with Gasteiger partial charge in [0.25, 0.3) is 0 Å². The minimum absolute atomic E-state index is 0.0100. The predicted molar refractivity (Wildman–Crippen MR) is 107 cm³/mol. The lowest BCUT2D eigenvalue weighted by Gasteiger charge is -2.29. The Morgan fingerprint density at radius 2 is 2.07 bits per heavy atom. The van der Waals surface area contributed by atoms with Crippen molar-refractivity contribution >= 4 is 11.8 Å². The topological polar surface area (TPSA) is 97.6 Å². The van der Waals surface area contributed by atoms with E-state index in [0.29, 0.717) is 37.5 Å². The van der Waals surface area contributed by atoms with E-state index in [1.165, 1.54) is 0 Å². The molecular formula is C21H28N4O4. The number of benzene rings is 1.